The summed E-state index contributed by atoms with van der Waals surface area (Å²) in [6.45, 7) is 8.50. The number of nitrogens with zero attached hydrogens (tertiary/aromatic N) is 4. The van der Waals surface area contributed by atoms with Crippen LogP contribution in [-0.4, -0.2) is 91.0 Å². The average molecular weight is 621 g/mol. The molecule has 11 nitrogen and oxygen atoms in total. The van der Waals surface area contributed by atoms with Crippen LogP contribution in [0.2, 0.25) is 0 Å². The van der Waals surface area contributed by atoms with Crippen LogP contribution in [0, 0.1) is 11.7 Å². The van der Waals surface area contributed by atoms with Crippen LogP contribution in [0.15, 0.2) is 30.7 Å². The van der Waals surface area contributed by atoms with Crippen LogP contribution in [0.3, 0.4) is 0 Å². The zero-order valence-corrected chi connectivity index (χ0v) is 26.4. The van der Waals surface area contributed by atoms with Gasteiger partial charge in [-0.2, -0.15) is 0 Å². The number of hydrogen-bond donors (Lipinski definition) is 3. The first kappa shape index (κ1) is 33.0. The highest BCUT2D eigenvalue weighted by molar-refractivity contribution is 7.88. The van der Waals surface area contributed by atoms with E-state index in [0.29, 0.717) is 56.5 Å². The van der Waals surface area contributed by atoms with Gasteiger partial charge in [-0.25, -0.2) is 27.5 Å². The molecule has 0 atom stereocenters. The van der Waals surface area contributed by atoms with Crippen LogP contribution < -0.4 is 19.7 Å². The summed E-state index contributed by atoms with van der Waals surface area (Å²) in [7, 11) is -3.19. The average Bonchev–Trinajstić information content (AvgIpc) is 2.95. The van der Waals surface area contributed by atoms with Crippen molar-refractivity contribution in [2.24, 2.45) is 5.92 Å². The van der Waals surface area contributed by atoms with E-state index >= 15 is 0 Å². The molecule has 0 spiro atoms. The van der Waals surface area contributed by atoms with E-state index in [1.165, 1.54) is 37.0 Å². The maximum absolute atomic E-state index is 14.2. The van der Waals surface area contributed by atoms with Gasteiger partial charge in [0.25, 0.3) is 5.91 Å². The van der Waals surface area contributed by atoms with Gasteiger partial charge in [0.1, 0.15) is 17.9 Å². The summed E-state index contributed by atoms with van der Waals surface area (Å²) in [5, 5.41) is 14.7. The Labute approximate surface area is 254 Å². The highest BCUT2D eigenvalue weighted by Gasteiger charge is 2.34. The summed E-state index contributed by atoms with van der Waals surface area (Å²) >= 11 is 0. The van der Waals surface area contributed by atoms with Gasteiger partial charge in [-0.05, 0) is 90.0 Å². The minimum Gasteiger partial charge on any atom is -0.451 e. The van der Waals surface area contributed by atoms with E-state index in [-0.39, 0.29) is 29.3 Å². The van der Waals surface area contributed by atoms with Gasteiger partial charge in [0.15, 0.2) is 11.6 Å². The van der Waals surface area contributed by atoms with Gasteiger partial charge in [-0.15, -0.1) is 0 Å². The zero-order valence-electron chi connectivity index (χ0n) is 25.6. The van der Waals surface area contributed by atoms with Gasteiger partial charge in [0, 0.05) is 38.3 Å². The molecule has 2 aromatic rings. The van der Waals surface area contributed by atoms with E-state index in [1.807, 2.05) is 25.7 Å². The minimum absolute atomic E-state index is 0.0108. The first-order chi connectivity index (χ1) is 20.4. The van der Waals surface area contributed by atoms with Crippen LogP contribution >= 0.6 is 0 Å². The molecule has 1 saturated heterocycles. The summed E-state index contributed by atoms with van der Waals surface area (Å²) < 4.78 is 46.1. The molecule has 1 saturated carbocycles. The van der Waals surface area contributed by atoms with Gasteiger partial charge in [0.05, 0.1) is 23.6 Å². The lowest BCUT2D eigenvalue weighted by atomic mass is 9.86. The van der Waals surface area contributed by atoms with E-state index in [0.717, 1.165) is 32.2 Å². The quantitative estimate of drug-likeness (QED) is 0.326. The fraction of sp³-hybridized carbons (Fsp3) is 0.633. The second kappa shape index (κ2) is 14.3. The molecule has 2 fully saturated rings. The van der Waals surface area contributed by atoms with E-state index < -0.39 is 21.4 Å². The maximum atomic E-state index is 14.2. The second-order valence-electron chi connectivity index (χ2n) is 12.1. The van der Waals surface area contributed by atoms with Crippen molar-refractivity contribution in [3.63, 3.8) is 0 Å². The standard InChI is InChI=1S/C30H45FN6O5S/c1-5-37(21(2)3)29(38)25-16-23(31)8-11-26(25)42-27-18-33-20-34-28(27)36-14-12-30(39,13-15-36)19-32-17-22-6-9-24(10-7-22)35-43(4,40)41/h8,11,16,18,20-22,24,32,35,39H,5-7,9-10,12-15,17,19H2,1-4H3. The number of benzene rings is 1. The molecule has 3 N–H and O–H groups in total. The number of aliphatic hydroxyl groups is 1. The number of carbonyl (C=O) groups is 1. The number of ether oxygens (including phenoxy) is 1. The Morgan fingerprint density at radius 2 is 1.91 bits per heavy atom. The number of aromatic nitrogens is 2. The smallest absolute Gasteiger partial charge is 0.257 e. The number of halogens is 1. The molecule has 0 bridgehead atoms. The third-order valence-electron chi connectivity index (χ3n) is 8.38. The lowest BCUT2D eigenvalue weighted by molar-refractivity contribution is 0.0155. The number of amides is 1. The van der Waals surface area contributed by atoms with Crippen LogP contribution in [0.1, 0.15) is 69.7 Å². The Balaban J connectivity index is 1.34. The molecule has 0 unspecified atom stereocenters. The first-order valence-electron chi connectivity index (χ1n) is 15.1. The normalized spacial score (nSPS) is 20.7. The summed E-state index contributed by atoms with van der Waals surface area (Å²) in [4.78, 5) is 25.5. The van der Waals surface area contributed by atoms with Gasteiger partial charge < -0.3 is 25.0 Å². The SMILES string of the molecule is CCN(C(=O)c1cc(F)ccc1Oc1cncnc1N1CCC(O)(CNCC2CCC(NS(C)(=O)=O)CC2)CC1)C(C)C. The molecule has 43 heavy (non-hydrogen) atoms. The fourth-order valence-electron chi connectivity index (χ4n) is 6.00. The van der Waals surface area contributed by atoms with Gasteiger partial charge in [-0.3, -0.25) is 4.79 Å². The highest BCUT2D eigenvalue weighted by atomic mass is 32.2. The molecule has 1 aromatic heterocycles. The summed E-state index contributed by atoms with van der Waals surface area (Å²) in [6, 6.07) is 3.84. The Morgan fingerprint density at radius 1 is 1.21 bits per heavy atom. The molecule has 238 valence electrons. The second-order valence-corrected chi connectivity index (χ2v) is 13.9. The number of anilines is 1. The van der Waals surface area contributed by atoms with Crippen molar-refractivity contribution in [3.05, 3.63) is 42.1 Å². The third-order valence-corrected chi connectivity index (χ3v) is 9.15. The van der Waals surface area contributed by atoms with Crippen molar-refractivity contribution in [1.82, 2.24) is 24.9 Å². The summed E-state index contributed by atoms with van der Waals surface area (Å²) in [5.41, 5.74) is -0.735. The molecule has 13 heteroatoms. The molecule has 1 aliphatic carbocycles. The molecule has 4 rings (SSSR count). The third kappa shape index (κ3) is 9.07. The Morgan fingerprint density at radius 3 is 2.53 bits per heavy atom. The van der Waals surface area contributed by atoms with E-state index in [1.54, 1.807) is 4.90 Å². The minimum atomic E-state index is -3.19. The van der Waals surface area contributed by atoms with Gasteiger partial charge >= 0.3 is 0 Å². The largest absolute Gasteiger partial charge is 0.451 e. The number of carbonyl (C=O) groups excluding carboxylic acids is 1. The lowest BCUT2D eigenvalue weighted by Crippen LogP contribution is -2.51. The van der Waals surface area contributed by atoms with Crippen molar-refractivity contribution in [1.29, 1.82) is 0 Å². The molecule has 0 radical (unpaired) electrons. The van der Waals surface area contributed by atoms with E-state index in [9.17, 15) is 22.7 Å². The number of nitrogens with one attached hydrogen (secondary N) is 2. The zero-order chi connectivity index (χ0) is 31.2. The Hall–Kier alpha value is -2.87. The van der Waals surface area contributed by atoms with Crippen LogP contribution in [0.4, 0.5) is 10.2 Å². The van der Waals surface area contributed by atoms with Crippen molar-refractivity contribution in [2.45, 2.75) is 77.0 Å². The summed E-state index contributed by atoms with van der Waals surface area (Å²) in [5.74, 6) is 0.722. The van der Waals surface area contributed by atoms with Gasteiger partial charge in [0.2, 0.25) is 10.0 Å². The van der Waals surface area contributed by atoms with E-state index in [2.05, 4.69) is 20.0 Å². The monoisotopic (exact) mass is 620 g/mol. The molecule has 1 aromatic carbocycles. The number of piperidine rings is 1. The molecule has 2 heterocycles. The number of hydrogen-bond acceptors (Lipinski definition) is 9. The molecular weight excluding hydrogens is 575 g/mol. The molecule has 1 amide bonds. The van der Waals surface area contributed by atoms with Crippen molar-refractivity contribution < 1.29 is 27.4 Å². The maximum Gasteiger partial charge on any atom is 0.257 e. The fourth-order valence-corrected chi connectivity index (χ4v) is 6.84. The summed E-state index contributed by atoms with van der Waals surface area (Å²) in [6.07, 6.45) is 8.74. The molecule has 2 aliphatic rings. The predicted molar refractivity (Wildman–Crippen MR) is 163 cm³/mol. The van der Waals surface area contributed by atoms with Crippen molar-refractivity contribution in [3.8, 4) is 11.5 Å². The van der Waals surface area contributed by atoms with Crippen molar-refractivity contribution in [2.75, 3.05) is 43.9 Å². The first-order valence-corrected chi connectivity index (χ1v) is 17.0. The molecule has 1 aliphatic heterocycles. The van der Waals surface area contributed by atoms with Crippen LogP contribution in [-0.2, 0) is 10.0 Å². The Bertz CT molecular complexity index is 1340. The topological polar surface area (TPSA) is 137 Å². The number of sulfonamides is 1. The van der Waals surface area contributed by atoms with Crippen LogP contribution in [0.25, 0.3) is 0 Å². The molecular formula is C30H45FN6O5S. The Kier molecular flexibility index (Phi) is 11.0. The predicted octanol–water partition coefficient (Wildman–Crippen LogP) is 3.31. The van der Waals surface area contributed by atoms with Crippen molar-refractivity contribution >= 4 is 21.7 Å². The lowest BCUT2D eigenvalue weighted by Gasteiger charge is -2.39. The number of rotatable bonds is 12. The van der Waals surface area contributed by atoms with E-state index in [4.69, 9.17) is 4.74 Å². The highest BCUT2D eigenvalue weighted by Crippen LogP contribution is 2.35. The van der Waals surface area contributed by atoms with Crippen LogP contribution in [0.5, 0.6) is 11.5 Å². The van der Waals surface area contributed by atoms with Gasteiger partial charge in [-0.1, -0.05) is 0 Å².